The first-order valence-electron chi connectivity index (χ1n) is 7.56. The second-order valence-corrected chi connectivity index (χ2v) is 6.00. The van der Waals surface area contributed by atoms with Gasteiger partial charge in [0.2, 0.25) is 5.91 Å². The Morgan fingerprint density at radius 1 is 1.29 bits per heavy atom. The quantitative estimate of drug-likeness (QED) is 0.848. The van der Waals surface area contributed by atoms with Gasteiger partial charge in [0.1, 0.15) is 5.82 Å². The van der Waals surface area contributed by atoms with Crippen LogP contribution in [0.25, 0.3) is 0 Å². The molecule has 1 atom stereocenters. The van der Waals surface area contributed by atoms with Gasteiger partial charge in [0.25, 0.3) is 0 Å². The van der Waals surface area contributed by atoms with E-state index < -0.39 is 0 Å². The van der Waals surface area contributed by atoms with Crippen molar-refractivity contribution in [3.05, 3.63) is 18.1 Å². The number of amides is 1. The van der Waals surface area contributed by atoms with Gasteiger partial charge in [-0.05, 0) is 19.8 Å². The first-order valence-corrected chi connectivity index (χ1v) is 7.56. The number of likely N-dealkylation sites (tertiary alicyclic amines) is 1. The number of aryl methyl sites for hydroxylation is 1. The fourth-order valence-corrected chi connectivity index (χ4v) is 3.22. The van der Waals surface area contributed by atoms with Crippen LogP contribution in [0.4, 0.5) is 10.2 Å². The molecule has 21 heavy (non-hydrogen) atoms. The third-order valence-corrected chi connectivity index (χ3v) is 4.45. The molecule has 0 aliphatic carbocycles. The van der Waals surface area contributed by atoms with E-state index in [1.807, 2.05) is 11.8 Å². The second-order valence-electron chi connectivity index (χ2n) is 6.00. The van der Waals surface area contributed by atoms with Gasteiger partial charge < -0.3 is 9.80 Å². The topological polar surface area (TPSA) is 49.3 Å². The van der Waals surface area contributed by atoms with Crippen LogP contribution in [0.5, 0.6) is 0 Å². The maximum absolute atomic E-state index is 12.7. The van der Waals surface area contributed by atoms with Crippen LogP contribution >= 0.6 is 0 Å². The van der Waals surface area contributed by atoms with Crippen molar-refractivity contribution in [3.8, 4) is 0 Å². The van der Waals surface area contributed by atoms with Gasteiger partial charge in [-0.1, -0.05) is 0 Å². The van der Waals surface area contributed by atoms with Gasteiger partial charge in [-0.3, -0.25) is 14.2 Å². The molecule has 3 heterocycles. The average Bonchev–Trinajstić information content (AvgIpc) is 2.89. The van der Waals surface area contributed by atoms with E-state index in [2.05, 4.69) is 14.9 Å². The Morgan fingerprint density at radius 2 is 2.05 bits per heavy atom. The molecule has 1 unspecified atom stereocenters. The molecule has 2 aliphatic heterocycles. The largest absolute Gasteiger partial charge is 0.355 e. The van der Waals surface area contributed by atoms with Crippen molar-refractivity contribution in [2.45, 2.75) is 32.2 Å². The third-order valence-electron chi connectivity index (χ3n) is 4.45. The van der Waals surface area contributed by atoms with E-state index in [1.165, 1.54) is 0 Å². The maximum Gasteiger partial charge on any atom is 0.223 e. The highest BCUT2D eigenvalue weighted by Crippen LogP contribution is 2.27. The first kappa shape index (κ1) is 14.2. The standard InChI is InChI=1S/C15H21FN4O/c1-11-8-18-14(9-17-11)19-4-2-13(3-5-19)20-10-12(7-16)6-15(20)21/h8-9,12-13H,2-7,10H2,1H3. The van der Waals surface area contributed by atoms with Crippen molar-refractivity contribution in [2.24, 2.45) is 5.92 Å². The van der Waals surface area contributed by atoms with Crippen LogP contribution in [-0.2, 0) is 4.79 Å². The molecule has 2 saturated heterocycles. The van der Waals surface area contributed by atoms with Gasteiger partial charge in [-0.2, -0.15) is 0 Å². The van der Waals surface area contributed by atoms with Crippen molar-refractivity contribution in [3.63, 3.8) is 0 Å². The molecular formula is C15H21FN4O. The normalized spacial score (nSPS) is 23.9. The molecule has 1 aromatic rings. The summed E-state index contributed by atoms with van der Waals surface area (Å²) in [5, 5.41) is 0. The molecule has 0 saturated carbocycles. The van der Waals surface area contributed by atoms with Crippen molar-refractivity contribution in [2.75, 3.05) is 31.2 Å². The molecule has 6 heteroatoms. The highest BCUT2D eigenvalue weighted by atomic mass is 19.1. The van der Waals surface area contributed by atoms with E-state index >= 15 is 0 Å². The summed E-state index contributed by atoms with van der Waals surface area (Å²) < 4.78 is 12.7. The summed E-state index contributed by atoms with van der Waals surface area (Å²) in [5.41, 5.74) is 0.911. The Hall–Kier alpha value is -1.72. The van der Waals surface area contributed by atoms with Crippen molar-refractivity contribution in [1.82, 2.24) is 14.9 Å². The Labute approximate surface area is 124 Å². The molecule has 0 spiro atoms. The summed E-state index contributed by atoms with van der Waals surface area (Å²) in [5.74, 6) is 0.915. The number of carbonyl (C=O) groups excluding carboxylic acids is 1. The SMILES string of the molecule is Cc1cnc(N2CCC(N3CC(CF)CC3=O)CC2)cn1. The van der Waals surface area contributed by atoms with Gasteiger partial charge in [0.15, 0.2) is 0 Å². The summed E-state index contributed by atoms with van der Waals surface area (Å²) in [6.07, 6.45) is 5.79. The van der Waals surface area contributed by atoms with Gasteiger partial charge in [-0.25, -0.2) is 4.98 Å². The number of nitrogens with zero attached hydrogens (tertiary/aromatic N) is 4. The van der Waals surface area contributed by atoms with E-state index in [0.717, 1.165) is 37.4 Å². The number of piperidine rings is 1. The van der Waals surface area contributed by atoms with Crippen molar-refractivity contribution in [1.29, 1.82) is 0 Å². The minimum Gasteiger partial charge on any atom is -0.355 e. The van der Waals surface area contributed by atoms with Crippen molar-refractivity contribution >= 4 is 11.7 Å². The number of anilines is 1. The number of carbonyl (C=O) groups is 1. The number of alkyl halides is 1. The predicted molar refractivity (Wildman–Crippen MR) is 77.8 cm³/mol. The summed E-state index contributed by atoms with van der Waals surface area (Å²) >= 11 is 0. The third kappa shape index (κ3) is 2.99. The number of hydrogen-bond acceptors (Lipinski definition) is 4. The molecule has 0 radical (unpaired) electrons. The maximum atomic E-state index is 12.7. The van der Waals surface area contributed by atoms with E-state index in [0.29, 0.717) is 13.0 Å². The Kier molecular flexibility index (Phi) is 4.03. The van der Waals surface area contributed by atoms with Crippen LogP contribution in [0, 0.1) is 12.8 Å². The molecule has 0 N–H and O–H groups in total. The fourth-order valence-electron chi connectivity index (χ4n) is 3.22. The summed E-state index contributed by atoms with van der Waals surface area (Å²) in [6.45, 7) is 3.85. The fraction of sp³-hybridized carbons (Fsp3) is 0.667. The molecule has 2 aliphatic rings. The highest BCUT2D eigenvalue weighted by molar-refractivity contribution is 5.79. The minimum atomic E-state index is -0.389. The lowest BCUT2D eigenvalue weighted by atomic mass is 10.0. The molecule has 114 valence electrons. The summed E-state index contributed by atoms with van der Waals surface area (Å²) in [7, 11) is 0. The van der Waals surface area contributed by atoms with E-state index in [1.54, 1.807) is 12.4 Å². The van der Waals surface area contributed by atoms with Gasteiger partial charge in [0, 0.05) is 38.0 Å². The highest BCUT2D eigenvalue weighted by Gasteiger charge is 2.35. The molecule has 1 aromatic heterocycles. The van der Waals surface area contributed by atoms with Crippen LogP contribution < -0.4 is 4.90 Å². The lowest BCUT2D eigenvalue weighted by molar-refractivity contribution is -0.130. The Morgan fingerprint density at radius 3 is 2.62 bits per heavy atom. The smallest absolute Gasteiger partial charge is 0.223 e. The van der Waals surface area contributed by atoms with Gasteiger partial charge in [-0.15, -0.1) is 0 Å². The number of halogens is 1. The first-order chi connectivity index (χ1) is 10.2. The molecule has 2 fully saturated rings. The molecule has 3 rings (SSSR count). The lowest BCUT2D eigenvalue weighted by Gasteiger charge is -2.37. The van der Waals surface area contributed by atoms with Crippen LogP contribution in [0.1, 0.15) is 25.0 Å². The molecular weight excluding hydrogens is 271 g/mol. The van der Waals surface area contributed by atoms with Gasteiger partial charge in [0.05, 0.1) is 24.8 Å². The van der Waals surface area contributed by atoms with Crippen LogP contribution in [0.2, 0.25) is 0 Å². The zero-order valence-corrected chi connectivity index (χ0v) is 12.3. The Bertz CT molecular complexity index is 499. The van der Waals surface area contributed by atoms with Gasteiger partial charge >= 0.3 is 0 Å². The molecule has 0 aromatic carbocycles. The minimum absolute atomic E-state index is 0.0986. The molecule has 1 amide bonds. The number of rotatable bonds is 3. The van der Waals surface area contributed by atoms with E-state index in [-0.39, 0.29) is 24.5 Å². The summed E-state index contributed by atoms with van der Waals surface area (Å²) in [4.78, 5) is 24.7. The van der Waals surface area contributed by atoms with E-state index in [9.17, 15) is 9.18 Å². The lowest BCUT2D eigenvalue weighted by Crippen LogP contribution is -2.46. The zero-order chi connectivity index (χ0) is 14.8. The summed E-state index contributed by atoms with van der Waals surface area (Å²) in [6, 6.07) is 0.253. The monoisotopic (exact) mass is 292 g/mol. The number of hydrogen-bond donors (Lipinski definition) is 0. The number of aromatic nitrogens is 2. The van der Waals surface area contributed by atoms with Crippen LogP contribution in [-0.4, -0.2) is 53.1 Å². The van der Waals surface area contributed by atoms with Crippen molar-refractivity contribution < 1.29 is 9.18 Å². The predicted octanol–water partition coefficient (Wildman–Crippen LogP) is 1.57. The second kappa shape index (κ2) is 5.95. The zero-order valence-electron chi connectivity index (χ0n) is 12.3. The van der Waals surface area contributed by atoms with Crippen LogP contribution in [0.3, 0.4) is 0 Å². The Balaban J connectivity index is 1.58. The van der Waals surface area contributed by atoms with Crippen LogP contribution in [0.15, 0.2) is 12.4 Å². The average molecular weight is 292 g/mol. The molecule has 0 bridgehead atoms. The van der Waals surface area contributed by atoms with E-state index in [4.69, 9.17) is 0 Å². The molecule has 5 nitrogen and oxygen atoms in total.